The van der Waals surface area contributed by atoms with Crippen LogP contribution in [-0.2, 0) is 4.74 Å². The highest BCUT2D eigenvalue weighted by atomic mass is 16.6. The summed E-state index contributed by atoms with van der Waals surface area (Å²) in [6.07, 6.45) is 2.15. The zero-order chi connectivity index (χ0) is 4.85. The summed E-state index contributed by atoms with van der Waals surface area (Å²) in [5.41, 5.74) is 0. The summed E-state index contributed by atoms with van der Waals surface area (Å²) in [6.45, 7) is 0. The number of hydrogen-bond acceptors (Lipinski definition) is 2. The van der Waals surface area contributed by atoms with E-state index in [0.717, 1.165) is 18.6 Å². The summed E-state index contributed by atoms with van der Waals surface area (Å²) in [6, 6.07) is 0. The Kier molecular flexibility index (Phi) is 0.375. The third kappa shape index (κ3) is 0.290. The summed E-state index contributed by atoms with van der Waals surface area (Å²) < 4.78 is 4.89. The Morgan fingerprint density at radius 2 is 2.57 bits per heavy atom. The van der Waals surface area contributed by atoms with Gasteiger partial charge in [0.2, 0.25) is 0 Å². The van der Waals surface area contributed by atoms with Gasteiger partial charge in [-0.25, -0.2) is 0 Å². The summed E-state index contributed by atoms with van der Waals surface area (Å²) in [7, 11) is 0. The molecule has 0 saturated carbocycles. The number of ether oxygens (including phenoxy) is 1. The first-order valence-corrected chi connectivity index (χ1v) is 2.46. The molecular formula is C5H6O2. The van der Waals surface area contributed by atoms with Crippen LogP contribution in [0.5, 0.6) is 0 Å². The lowest BCUT2D eigenvalue weighted by Gasteiger charge is -1.86. The van der Waals surface area contributed by atoms with Gasteiger partial charge in [0, 0.05) is 6.42 Å². The van der Waals surface area contributed by atoms with Crippen LogP contribution in [0, 0.1) is 0 Å². The molecule has 7 heavy (non-hydrogen) atoms. The number of epoxide rings is 1. The second-order valence-electron chi connectivity index (χ2n) is 1.96. The van der Waals surface area contributed by atoms with Crippen LogP contribution >= 0.6 is 0 Å². The summed E-state index contributed by atoms with van der Waals surface area (Å²) in [5, 5.41) is 8.79. The Labute approximate surface area is 41.4 Å². The lowest BCUT2D eigenvalue weighted by Crippen LogP contribution is -1.77. The first-order valence-electron chi connectivity index (χ1n) is 2.46. The fourth-order valence-electron chi connectivity index (χ4n) is 0.954. The minimum Gasteiger partial charge on any atom is -0.509 e. The number of hydrogen-bond donors (Lipinski definition) is 1. The number of fused-ring (bicyclic) bond motifs is 1. The quantitative estimate of drug-likeness (QED) is 0.457. The van der Waals surface area contributed by atoms with Crippen molar-refractivity contribution < 1.29 is 9.84 Å². The largest absolute Gasteiger partial charge is 0.509 e. The molecule has 0 bridgehead atoms. The highest BCUT2D eigenvalue weighted by molar-refractivity contribution is 5.23. The van der Waals surface area contributed by atoms with Crippen molar-refractivity contribution in [2.75, 3.05) is 0 Å². The van der Waals surface area contributed by atoms with E-state index in [4.69, 9.17) is 9.84 Å². The van der Waals surface area contributed by atoms with E-state index in [-0.39, 0.29) is 0 Å². The van der Waals surface area contributed by atoms with Gasteiger partial charge in [0.05, 0.1) is 0 Å². The fourth-order valence-corrected chi connectivity index (χ4v) is 0.954. The van der Waals surface area contributed by atoms with Crippen LogP contribution in [0.25, 0.3) is 0 Å². The molecule has 0 spiro atoms. The Morgan fingerprint density at radius 3 is 2.71 bits per heavy atom. The number of aliphatic hydroxyl groups is 1. The van der Waals surface area contributed by atoms with Gasteiger partial charge in [-0.15, -0.1) is 0 Å². The zero-order valence-electron chi connectivity index (χ0n) is 3.85. The second kappa shape index (κ2) is 0.782. The minimum absolute atomic E-state index is 0.319. The zero-order valence-corrected chi connectivity index (χ0v) is 3.85. The van der Waals surface area contributed by atoms with Gasteiger partial charge in [-0.05, 0) is 6.42 Å². The molecule has 2 nitrogen and oxygen atoms in total. The molecule has 1 aliphatic carbocycles. The average Bonchev–Trinajstić information content (AvgIpc) is 2.33. The van der Waals surface area contributed by atoms with Crippen LogP contribution in [0.15, 0.2) is 11.5 Å². The first-order chi connectivity index (χ1) is 3.38. The van der Waals surface area contributed by atoms with E-state index >= 15 is 0 Å². The third-order valence-electron chi connectivity index (χ3n) is 1.43. The van der Waals surface area contributed by atoms with Crippen molar-refractivity contribution in [3.63, 3.8) is 0 Å². The second-order valence-corrected chi connectivity index (χ2v) is 1.96. The minimum atomic E-state index is 0.319. The highest BCUT2D eigenvalue weighted by Crippen LogP contribution is 2.41. The fraction of sp³-hybridized carbons (Fsp3) is 0.600. The topological polar surface area (TPSA) is 32.8 Å². The van der Waals surface area contributed by atoms with Crippen LogP contribution in [0.2, 0.25) is 0 Å². The van der Waals surface area contributed by atoms with Gasteiger partial charge in [-0.2, -0.15) is 0 Å². The van der Waals surface area contributed by atoms with Gasteiger partial charge in [0.25, 0.3) is 0 Å². The van der Waals surface area contributed by atoms with Crippen molar-refractivity contribution in [1.29, 1.82) is 0 Å². The predicted molar refractivity (Wildman–Crippen MR) is 23.8 cm³/mol. The Morgan fingerprint density at radius 1 is 1.71 bits per heavy atom. The van der Waals surface area contributed by atoms with Crippen molar-refractivity contribution in [1.82, 2.24) is 0 Å². The summed E-state index contributed by atoms with van der Waals surface area (Å²) in [4.78, 5) is 0. The highest BCUT2D eigenvalue weighted by Gasteiger charge is 2.41. The molecule has 0 amide bonds. The maximum atomic E-state index is 8.79. The van der Waals surface area contributed by atoms with E-state index in [0.29, 0.717) is 11.9 Å². The SMILES string of the molecule is OC1=C2OC2CC1. The van der Waals surface area contributed by atoms with Gasteiger partial charge < -0.3 is 9.84 Å². The Bertz CT molecular complexity index is 137. The van der Waals surface area contributed by atoms with Crippen molar-refractivity contribution in [2.45, 2.75) is 18.9 Å². The molecule has 2 heteroatoms. The van der Waals surface area contributed by atoms with Crippen LogP contribution in [0.1, 0.15) is 12.8 Å². The Balaban J connectivity index is 2.36. The third-order valence-corrected chi connectivity index (χ3v) is 1.43. The van der Waals surface area contributed by atoms with Crippen molar-refractivity contribution in [3.05, 3.63) is 11.5 Å². The van der Waals surface area contributed by atoms with Gasteiger partial charge in [-0.1, -0.05) is 0 Å². The van der Waals surface area contributed by atoms with Crippen LogP contribution in [-0.4, -0.2) is 11.2 Å². The van der Waals surface area contributed by atoms with Gasteiger partial charge in [-0.3, -0.25) is 0 Å². The van der Waals surface area contributed by atoms with Gasteiger partial charge in [0.1, 0.15) is 5.76 Å². The lowest BCUT2D eigenvalue weighted by molar-refractivity contribution is 0.326. The van der Waals surface area contributed by atoms with Crippen LogP contribution < -0.4 is 0 Å². The molecule has 2 aliphatic rings. The smallest absolute Gasteiger partial charge is 0.175 e. The number of allylic oxidation sites excluding steroid dienone is 1. The molecule has 1 aliphatic heterocycles. The van der Waals surface area contributed by atoms with Crippen molar-refractivity contribution >= 4 is 0 Å². The predicted octanol–water partition coefficient (Wildman–Crippen LogP) is 0.949. The van der Waals surface area contributed by atoms with E-state index in [1.165, 1.54) is 0 Å². The molecule has 38 valence electrons. The van der Waals surface area contributed by atoms with Gasteiger partial charge >= 0.3 is 0 Å². The molecule has 0 radical (unpaired) electrons. The normalized spacial score (nSPS) is 35.1. The van der Waals surface area contributed by atoms with E-state index in [9.17, 15) is 0 Å². The van der Waals surface area contributed by atoms with Crippen molar-refractivity contribution in [3.8, 4) is 0 Å². The van der Waals surface area contributed by atoms with E-state index in [2.05, 4.69) is 0 Å². The van der Waals surface area contributed by atoms with Crippen LogP contribution in [0.3, 0.4) is 0 Å². The first kappa shape index (κ1) is 3.36. The Hall–Kier alpha value is -0.660. The molecule has 1 fully saturated rings. The van der Waals surface area contributed by atoms with Gasteiger partial charge in [0.15, 0.2) is 11.9 Å². The summed E-state index contributed by atoms with van der Waals surface area (Å²) in [5.74, 6) is 1.32. The van der Waals surface area contributed by atoms with Crippen LogP contribution in [0.4, 0.5) is 0 Å². The monoisotopic (exact) mass is 98.0 g/mol. The molecule has 0 aromatic carbocycles. The molecule has 1 heterocycles. The maximum Gasteiger partial charge on any atom is 0.175 e. The molecule has 1 N–H and O–H groups in total. The standard InChI is InChI=1S/C5H6O2/c6-3-1-2-4-5(3)7-4/h4,6H,1-2H2. The number of aliphatic hydroxyl groups excluding tert-OH is 1. The van der Waals surface area contributed by atoms with Crippen molar-refractivity contribution in [2.24, 2.45) is 0 Å². The molecule has 1 saturated heterocycles. The number of rotatable bonds is 0. The molecule has 1 atom stereocenters. The lowest BCUT2D eigenvalue weighted by atomic mass is 10.3. The molecule has 2 rings (SSSR count). The van der Waals surface area contributed by atoms with E-state index in [1.807, 2.05) is 0 Å². The molecule has 0 aromatic heterocycles. The van der Waals surface area contributed by atoms with E-state index < -0.39 is 0 Å². The molecule has 1 unspecified atom stereocenters. The molecule has 0 aromatic rings. The van der Waals surface area contributed by atoms with E-state index in [1.54, 1.807) is 0 Å². The average molecular weight is 98.1 g/mol. The maximum absolute atomic E-state index is 8.79. The molecular weight excluding hydrogens is 92.1 g/mol. The summed E-state index contributed by atoms with van der Waals surface area (Å²) >= 11 is 0.